The van der Waals surface area contributed by atoms with Crippen molar-refractivity contribution in [3.8, 4) is 0 Å². The minimum absolute atomic E-state index is 1.06. The van der Waals surface area contributed by atoms with E-state index in [1.54, 1.807) is 0 Å². The molecule has 0 radical (unpaired) electrons. The summed E-state index contributed by atoms with van der Waals surface area (Å²) in [5.41, 5.74) is 0. The van der Waals surface area contributed by atoms with E-state index in [2.05, 4.69) is 93.2 Å². The fraction of sp³-hybridized carbons (Fsp3) is 0. The van der Waals surface area contributed by atoms with Crippen LogP contribution in [0, 0.1) is 0 Å². The molecule has 0 aliphatic rings. The van der Waals surface area contributed by atoms with Crippen molar-refractivity contribution >= 4 is 74.7 Å². The van der Waals surface area contributed by atoms with Crippen LogP contribution in [0.1, 0.15) is 0 Å². The van der Waals surface area contributed by atoms with E-state index in [4.69, 9.17) is 0 Å². The molecular weight excluding hydrogens is 736 g/mol. The third-order valence-electron chi connectivity index (χ3n) is 8.28. The summed E-state index contributed by atoms with van der Waals surface area (Å²) >= 11 is 2.50. The summed E-state index contributed by atoms with van der Waals surface area (Å²) < 4.78 is 0. The van der Waals surface area contributed by atoms with E-state index in [0.29, 0.717) is 0 Å². The molecule has 6 heteroatoms. The first-order chi connectivity index (χ1) is 21.6. The molecule has 6 aromatic carbocycles. The van der Waals surface area contributed by atoms with Gasteiger partial charge in [0.2, 0.25) is 0 Å². The first-order valence-electron chi connectivity index (χ1n) is 14.3. The molecule has 6 rings (SSSR count). The Hall–Kier alpha value is -3.24. The Morgan fingerprint density at radius 2 is 0.500 bits per heavy atom. The van der Waals surface area contributed by atoms with Gasteiger partial charge in [0.05, 0.1) is 0 Å². The molecule has 0 aliphatic heterocycles. The Bertz CT molecular complexity index is 1530. The van der Waals surface area contributed by atoms with Crippen LogP contribution in [0.15, 0.2) is 182 Å². The zero-order valence-electron chi connectivity index (χ0n) is 24.0. The SMILES string of the molecule is O=[CH][Co]([I])([CH]=O)([PH](c1ccccc1)(c1ccccc1)c1ccccc1)[PH](c1ccccc1)(c1ccccc1)c1ccccc1. The maximum absolute atomic E-state index is 15.0. The van der Waals surface area contributed by atoms with Crippen molar-refractivity contribution in [2.45, 2.75) is 0 Å². The molecule has 44 heavy (non-hydrogen) atoms. The van der Waals surface area contributed by atoms with E-state index in [1.165, 1.54) is 10.4 Å². The third-order valence-corrected chi connectivity index (χ3v) is 55.0. The van der Waals surface area contributed by atoms with Crippen LogP contribution in [0.2, 0.25) is 0 Å². The fourth-order valence-corrected chi connectivity index (χ4v) is 60.9. The predicted octanol–water partition coefficient (Wildman–Crippen LogP) is 6.69. The molecule has 0 fully saturated rings. The summed E-state index contributed by atoms with van der Waals surface area (Å²) in [6.07, 6.45) is 0. The van der Waals surface area contributed by atoms with Crippen molar-refractivity contribution in [3.63, 3.8) is 0 Å². The van der Waals surface area contributed by atoms with Gasteiger partial charge in [-0.2, -0.15) is 0 Å². The van der Waals surface area contributed by atoms with Crippen molar-refractivity contribution in [2.75, 3.05) is 0 Å². The van der Waals surface area contributed by atoms with Crippen LogP contribution in [0.5, 0.6) is 0 Å². The Kier molecular flexibility index (Phi) is 8.83. The van der Waals surface area contributed by atoms with E-state index in [9.17, 15) is 0 Å². The zero-order valence-corrected chi connectivity index (χ0v) is 29.2. The van der Waals surface area contributed by atoms with E-state index >= 15 is 9.59 Å². The van der Waals surface area contributed by atoms with Crippen molar-refractivity contribution < 1.29 is 17.1 Å². The predicted molar refractivity (Wildman–Crippen MR) is 201 cm³/mol. The molecule has 0 N–H and O–H groups in total. The van der Waals surface area contributed by atoms with E-state index in [0.717, 1.165) is 31.8 Å². The number of halogens is 1. The summed E-state index contributed by atoms with van der Waals surface area (Å²) in [7, 11) is -4.39. The molecule has 0 unspecified atom stereocenters. The van der Waals surface area contributed by atoms with Crippen LogP contribution in [0.3, 0.4) is 0 Å². The Balaban J connectivity index is 2.00. The van der Waals surface area contributed by atoms with Gasteiger partial charge >= 0.3 is 274 Å². The van der Waals surface area contributed by atoms with Crippen LogP contribution < -0.4 is 31.8 Å². The molecule has 0 bridgehead atoms. The number of rotatable bonds is 10. The molecule has 0 amide bonds. The van der Waals surface area contributed by atoms with Gasteiger partial charge in [-0.05, 0) is 0 Å². The van der Waals surface area contributed by atoms with Crippen LogP contribution in [0.25, 0.3) is 0 Å². The summed E-state index contributed by atoms with van der Waals surface area (Å²) in [5.74, 6) is -7.14. The van der Waals surface area contributed by atoms with Crippen LogP contribution in [-0.4, -0.2) is 10.4 Å². The summed E-state index contributed by atoms with van der Waals surface area (Å²) in [6, 6.07) is 62.5. The molecule has 0 saturated heterocycles. The molecule has 0 spiro atoms. The zero-order chi connectivity index (χ0) is 30.5. The minimum atomic E-state index is -4.39. The normalized spacial score (nSPS) is 13.6. The molecule has 0 aromatic heterocycles. The number of benzene rings is 6. The molecule has 2 nitrogen and oxygen atoms in total. The molecular formula is C38H34CoIO2P2. The first-order valence-corrected chi connectivity index (χ1v) is 25.6. The van der Waals surface area contributed by atoms with Gasteiger partial charge in [0.15, 0.2) is 0 Å². The van der Waals surface area contributed by atoms with Crippen LogP contribution in [-0.2, 0) is 17.1 Å². The van der Waals surface area contributed by atoms with E-state index in [-0.39, 0.29) is 0 Å². The molecule has 0 heterocycles. The topological polar surface area (TPSA) is 34.1 Å². The third kappa shape index (κ3) is 4.35. The molecule has 6 aromatic rings. The van der Waals surface area contributed by atoms with Crippen LogP contribution in [0.4, 0.5) is 0 Å². The van der Waals surface area contributed by atoms with Gasteiger partial charge in [-0.3, -0.25) is 0 Å². The van der Waals surface area contributed by atoms with Gasteiger partial charge < -0.3 is 0 Å². The molecule has 0 saturated carbocycles. The van der Waals surface area contributed by atoms with Gasteiger partial charge in [-0.1, -0.05) is 0 Å². The van der Waals surface area contributed by atoms with Crippen molar-refractivity contribution in [2.24, 2.45) is 0 Å². The Morgan fingerprint density at radius 3 is 0.636 bits per heavy atom. The second-order valence-corrected chi connectivity index (χ2v) is 43.5. The first kappa shape index (κ1) is 30.8. The summed E-state index contributed by atoms with van der Waals surface area (Å²) in [4.78, 5) is 30.0. The van der Waals surface area contributed by atoms with Crippen molar-refractivity contribution in [3.05, 3.63) is 182 Å². The Labute approximate surface area is 271 Å². The molecule has 0 atom stereocenters. The number of carbonyl (C=O) groups is 2. The molecule has 224 valence electrons. The van der Waals surface area contributed by atoms with Gasteiger partial charge in [0.25, 0.3) is 0 Å². The fourth-order valence-electron chi connectivity index (χ4n) is 6.58. The van der Waals surface area contributed by atoms with Crippen molar-refractivity contribution in [1.29, 1.82) is 0 Å². The maximum atomic E-state index is 15.0. The van der Waals surface area contributed by atoms with Crippen LogP contribution >= 0.6 is 32.4 Å². The number of carbonyl (C=O) groups excluding carboxylic acids is 2. The number of hydrogen-bond donors (Lipinski definition) is 0. The second-order valence-electron chi connectivity index (χ2n) is 10.5. The van der Waals surface area contributed by atoms with E-state index in [1.807, 2.05) is 109 Å². The van der Waals surface area contributed by atoms with Gasteiger partial charge in [-0.25, -0.2) is 0 Å². The number of hydrogen-bond acceptors (Lipinski definition) is 2. The molecule has 0 aliphatic carbocycles. The van der Waals surface area contributed by atoms with Crippen molar-refractivity contribution in [1.82, 2.24) is 0 Å². The van der Waals surface area contributed by atoms with Gasteiger partial charge in [-0.15, -0.1) is 0 Å². The van der Waals surface area contributed by atoms with E-state index < -0.39 is 19.5 Å². The monoisotopic (exact) mass is 770 g/mol. The average molecular weight is 770 g/mol. The second kappa shape index (κ2) is 12.6. The Morgan fingerprint density at radius 1 is 0.341 bits per heavy atom. The quantitative estimate of drug-likeness (QED) is 0.0885. The average Bonchev–Trinajstić information content (AvgIpc) is 3.12. The standard InChI is InChI=1S/2C18H15P.2CHO.Co.HI/c2*1-4-10-16(11-5-1)19(17-12-6-2-7-13-17)18-14-8-3-9-15-18;2*1-2;;/h2*1-15H;2*1H;;1H/q;;;;-1;/p+1. The summed E-state index contributed by atoms with van der Waals surface area (Å²) in [6.45, 7) is 0. The van der Waals surface area contributed by atoms with Gasteiger partial charge in [0.1, 0.15) is 0 Å². The van der Waals surface area contributed by atoms with Gasteiger partial charge in [0, 0.05) is 0 Å². The summed E-state index contributed by atoms with van der Waals surface area (Å²) in [5, 5.41) is 8.70.